The van der Waals surface area contributed by atoms with Crippen LogP contribution in [0.5, 0.6) is 0 Å². The number of carbonyl (C=O) groups excluding carboxylic acids is 1. The molecule has 0 amide bonds. The maximum absolute atomic E-state index is 14.8. The number of halogens is 4. The topological polar surface area (TPSA) is 57.8 Å². The molecular formula is C19H11ClF3N3O. The molecule has 0 spiro atoms. The first kappa shape index (κ1) is 17.4. The summed E-state index contributed by atoms with van der Waals surface area (Å²) in [5.41, 5.74) is -1.25. The number of benzene rings is 2. The van der Waals surface area contributed by atoms with Crippen LogP contribution in [0, 0.1) is 28.8 Å². The Hall–Kier alpha value is -2.98. The Morgan fingerprint density at radius 2 is 1.85 bits per heavy atom. The van der Waals surface area contributed by atoms with Gasteiger partial charge in [0.05, 0.1) is 16.5 Å². The van der Waals surface area contributed by atoms with Gasteiger partial charge in [-0.3, -0.25) is 4.79 Å². The summed E-state index contributed by atoms with van der Waals surface area (Å²) in [6.07, 6.45) is 0.603. The fraction of sp³-hybridized carbons (Fsp3) is 0.158. The van der Waals surface area contributed by atoms with Gasteiger partial charge in [0.2, 0.25) is 0 Å². The lowest BCUT2D eigenvalue weighted by molar-refractivity contribution is 0.104. The second-order valence-corrected chi connectivity index (χ2v) is 6.58. The molecule has 3 aromatic rings. The molecule has 2 heterocycles. The van der Waals surface area contributed by atoms with E-state index in [1.165, 1.54) is 34.9 Å². The summed E-state index contributed by atoms with van der Waals surface area (Å²) in [5.74, 6) is -4.57. The van der Waals surface area contributed by atoms with Crippen molar-refractivity contribution in [1.29, 1.82) is 5.26 Å². The van der Waals surface area contributed by atoms with E-state index >= 15 is 0 Å². The monoisotopic (exact) mass is 389 g/mol. The number of carbonyl (C=O) groups is 1. The van der Waals surface area contributed by atoms with E-state index in [2.05, 4.69) is 5.32 Å². The molecule has 4 rings (SSSR count). The van der Waals surface area contributed by atoms with Gasteiger partial charge in [0.25, 0.3) is 0 Å². The van der Waals surface area contributed by atoms with Crippen molar-refractivity contribution in [1.82, 2.24) is 4.57 Å². The molecule has 4 nitrogen and oxygen atoms in total. The number of hydrogen-bond donors (Lipinski definition) is 1. The van der Waals surface area contributed by atoms with Crippen molar-refractivity contribution in [2.45, 2.75) is 13.0 Å². The second kappa shape index (κ2) is 6.32. The van der Waals surface area contributed by atoms with Crippen LogP contribution in [-0.2, 0) is 6.54 Å². The normalized spacial score (nSPS) is 13.1. The molecule has 136 valence electrons. The SMILES string of the molecule is N#Cc1c(F)c(F)c2c(C(=O)c3ccc(Cl)cc3)c3n(c2c1F)CCCN3. The van der Waals surface area contributed by atoms with E-state index in [9.17, 15) is 18.0 Å². The first-order valence-corrected chi connectivity index (χ1v) is 8.50. The number of nitriles is 1. The smallest absolute Gasteiger partial charge is 0.197 e. The van der Waals surface area contributed by atoms with Gasteiger partial charge in [0, 0.05) is 23.7 Å². The van der Waals surface area contributed by atoms with Crippen molar-refractivity contribution in [3.8, 4) is 6.07 Å². The van der Waals surface area contributed by atoms with E-state index in [4.69, 9.17) is 16.9 Å². The van der Waals surface area contributed by atoms with Gasteiger partial charge in [-0.05, 0) is 30.7 Å². The largest absolute Gasteiger partial charge is 0.371 e. The zero-order valence-corrected chi connectivity index (χ0v) is 14.5. The van der Waals surface area contributed by atoms with E-state index in [0.29, 0.717) is 24.5 Å². The number of hydrogen-bond acceptors (Lipinski definition) is 3. The molecule has 27 heavy (non-hydrogen) atoms. The summed E-state index contributed by atoms with van der Waals surface area (Å²) < 4.78 is 45.3. The summed E-state index contributed by atoms with van der Waals surface area (Å²) in [5, 5.41) is 11.9. The Morgan fingerprint density at radius 1 is 1.15 bits per heavy atom. The maximum Gasteiger partial charge on any atom is 0.197 e. The molecule has 0 bridgehead atoms. The van der Waals surface area contributed by atoms with Gasteiger partial charge in [-0.1, -0.05) is 11.6 Å². The number of ketones is 1. The zero-order chi connectivity index (χ0) is 19.3. The van der Waals surface area contributed by atoms with Crippen molar-refractivity contribution in [2.24, 2.45) is 0 Å². The van der Waals surface area contributed by atoms with Crippen molar-refractivity contribution in [2.75, 3.05) is 11.9 Å². The fourth-order valence-electron chi connectivity index (χ4n) is 3.41. The van der Waals surface area contributed by atoms with E-state index in [1.54, 1.807) is 0 Å². The molecular weight excluding hydrogens is 379 g/mol. The molecule has 1 aliphatic heterocycles. The molecule has 8 heteroatoms. The van der Waals surface area contributed by atoms with Crippen LogP contribution in [0.1, 0.15) is 27.9 Å². The van der Waals surface area contributed by atoms with E-state index in [-0.39, 0.29) is 22.5 Å². The van der Waals surface area contributed by atoms with Crippen LogP contribution in [0.3, 0.4) is 0 Å². The highest BCUT2D eigenvalue weighted by Crippen LogP contribution is 2.39. The Morgan fingerprint density at radius 3 is 2.52 bits per heavy atom. The molecule has 0 aliphatic carbocycles. The number of rotatable bonds is 2. The number of fused-ring (bicyclic) bond motifs is 3. The van der Waals surface area contributed by atoms with Crippen LogP contribution in [-0.4, -0.2) is 16.9 Å². The Kier molecular flexibility index (Phi) is 4.08. The van der Waals surface area contributed by atoms with E-state index in [1.807, 2.05) is 0 Å². The molecule has 0 saturated carbocycles. The van der Waals surface area contributed by atoms with Gasteiger partial charge in [0.1, 0.15) is 17.5 Å². The second-order valence-electron chi connectivity index (χ2n) is 6.14. The molecule has 1 N–H and O–H groups in total. The Labute approximate surface area is 156 Å². The van der Waals surface area contributed by atoms with Crippen LogP contribution in [0.2, 0.25) is 5.02 Å². The third-order valence-corrected chi connectivity index (χ3v) is 4.87. The average molecular weight is 390 g/mol. The van der Waals surface area contributed by atoms with E-state index < -0.39 is 34.2 Å². The fourth-order valence-corrected chi connectivity index (χ4v) is 3.54. The highest BCUT2D eigenvalue weighted by molar-refractivity contribution is 6.30. The van der Waals surface area contributed by atoms with Gasteiger partial charge in [0.15, 0.2) is 23.2 Å². The third kappa shape index (κ3) is 2.48. The van der Waals surface area contributed by atoms with Crippen molar-refractivity contribution in [3.05, 3.63) is 63.4 Å². The Balaban J connectivity index is 2.10. The van der Waals surface area contributed by atoms with Crippen LogP contribution < -0.4 is 5.32 Å². The predicted octanol–water partition coefficient (Wildman–Crippen LogP) is 4.63. The summed E-state index contributed by atoms with van der Waals surface area (Å²) in [6, 6.07) is 7.26. The first-order chi connectivity index (χ1) is 13.0. The summed E-state index contributed by atoms with van der Waals surface area (Å²) in [6.45, 7) is 0.799. The molecule has 1 aliphatic rings. The van der Waals surface area contributed by atoms with Crippen molar-refractivity contribution in [3.63, 3.8) is 0 Å². The highest BCUT2D eigenvalue weighted by atomic mass is 35.5. The predicted molar refractivity (Wildman–Crippen MR) is 94.5 cm³/mol. The molecule has 0 unspecified atom stereocenters. The third-order valence-electron chi connectivity index (χ3n) is 4.62. The van der Waals surface area contributed by atoms with Crippen LogP contribution >= 0.6 is 11.6 Å². The molecule has 2 aromatic carbocycles. The van der Waals surface area contributed by atoms with Gasteiger partial charge in [-0.25, -0.2) is 13.2 Å². The molecule has 0 radical (unpaired) electrons. The lowest BCUT2D eigenvalue weighted by Crippen LogP contribution is -2.19. The van der Waals surface area contributed by atoms with Gasteiger partial charge < -0.3 is 9.88 Å². The Bertz CT molecular complexity index is 1150. The lowest BCUT2D eigenvalue weighted by Gasteiger charge is -2.19. The van der Waals surface area contributed by atoms with Gasteiger partial charge in [-0.2, -0.15) is 5.26 Å². The number of aryl methyl sites for hydroxylation is 1. The van der Waals surface area contributed by atoms with Crippen molar-refractivity contribution >= 4 is 34.1 Å². The minimum absolute atomic E-state index is 0.160. The first-order valence-electron chi connectivity index (χ1n) is 8.12. The number of nitrogens with one attached hydrogen (secondary N) is 1. The summed E-state index contributed by atoms with van der Waals surface area (Å²) in [7, 11) is 0. The van der Waals surface area contributed by atoms with Crippen molar-refractivity contribution < 1.29 is 18.0 Å². The molecule has 0 fully saturated rings. The zero-order valence-electron chi connectivity index (χ0n) is 13.7. The quantitative estimate of drug-likeness (QED) is 0.513. The number of aromatic nitrogens is 1. The minimum atomic E-state index is -1.60. The van der Waals surface area contributed by atoms with E-state index in [0.717, 1.165) is 0 Å². The highest BCUT2D eigenvalue weighted by Gasteiger charge is 2.33. The molecule has 1 aromatic heterocycles. The van der Waals surface area contributed by atoms with Crippen LogP contribution in [0.4, 0.5) is 19.0 Å². The summed E-state index contributed by atoms with van der Waals surface area (Å²) in [4.78, 5) is 13.1. The number of nitrogens with zero attached hydrogens (tertiary/aromatic N) is 2. The van der Waals surface area contributed by atoms with Gasteiger partial charge in [-0.15, -0.1) is 0 Å². The molecule has 0 saturated heterocycles. The maximum atomic E-state index is 14.8. The number of anilines is 1. The molecule has 0 atom stereocenters. The lowest BCUT2D eigenvalue weighted by atomic mass is 10.00. The van der Waals surface area contributed by atoms with Crippen LogP contribution in [0.15, 0.2) is 24.3 Å². The van der Waals surface area contributed by atoms with Gasteiger partial charge >= 0.3 is 0 Å². The summed E-state index contributed by atoms with van der Waals surface area (Å²) >= 11 is 5.83. The average Bonchev–Trinajstić information content (AvgIpc) is 3.02. The standard InChI is InChI=1S/C19H11ClF3N3O/c20-10-4-2-9(3-5-10)18(27)13-12-16(23)14(21)11(8-24)15(22)17(12)26-7-1-6-25-19(13)26/h2-5,25H,1,6-7H2. The van der Waals surface area contributed by atoms with Crippen LogP contribution in [0.25, 0.3) is 10.9 Å². The minimum Gasteiger partial charge on any atom is -0.371 e.